The van der Waals surface area contributed by atoms with Gasteiger partial charge in [-0.1, -0.05) is 37.1 Å². The molecule has 0 aliphatic heterocycles. The SMILES string of the molecule is NC1c2ccccc2CC1SCC1CCCC1. The molecule has 2 aliphatic carbocycles. The molecule has 3 rings (SSSR count). The second-order valence-corrected chi connectivity index (χ2v) is 6.72. The molecule has 0 radical (unpaired) electrons. The Labute approximate surface area is 108 Å². The molecule has 0 saturated heterocycles. The summed E-state index contributed by atoms with van der Waals surface area (Å²) in [6.07, 6.45) is 6.96. The molecule has 17 heavy (non-hydrogen) atoms. The summed E-state index contributed by atoms with van der Waals surface area (Å²) in [5.74, 6) is 2.29. The first-order valence-corrected chi connectivity index (χ1v) is 7.84. The first kappa shape index (κ1) is 11.6. The molecule has 0 amide bonds. The van der Waals surface area contributed by atoms with Gasteiger partial charge in [-0.3, -0.25) is 0 Å². The van der Waals surface area contributed by atoms with Crippen LogP contribution in [0.5, 0.6) is 0 Å². The fourth-order valence-electron chi connectivity index (χ4n) is 3.19. The first-order chi connectivity index (χ1) is 8.34. The average Bonchev–Trinajstić information content (AvgIpc) is 2.96. The summed E-state index contributed by atoms with van der Waals surface area (Å²) in [6.45, 7) is 0. The molecule has 2 aliphatic rings. The van der Waals surface area contributed by atoms with E-state index in [-0.39, 0.29) is 6.04 Å². The van der Waals surface area contributed by atoms with Gasteiger partial charge in [-0.05, 0) is 42.1 Å². The third kappa shape index (κ3) is 2.38. The van der Waals surface area contributed by atoms with Crippen molar-refractivity contribution in [2.75, 3.05) is 5.75 Å². The minimum absolute atomic E-state index is 0.262. The van der Waals surface area contributed by atoms with Crippen LogP contribution >= 0.6 is 11.8 Å². The van der Waals surface area contributed by atoms with Gasteiger partial charge in [-0.2, -0.15) is 11.8 Å². The Morgan fingerprint density at radius 3 is 2.71 bits per heavy atom. The summed E-state index contributed by atoms with van der Waals surface area (Å²) in [7, 11) is 0. The third-order valence-electron chi connectivity index (χ3n) is 4.26. The van der Waals surface area contributed by atoms with Gasteiger partial charge >= 0.3 is 0 Å². The highest BCUT2D eigenvalue weighted by atomic mass is 32.2. The lowest BCUT2D eigenvalue weighted by Gasteiger charge is -2.17. The van der Waals surface area contributed by atoms with E-state index in [4.69, 9.17) is 5.73 Å². The van der Waals surface area contributed by atoms with E-state index >= 15 is 0 Å². The van der Waals surface area contributed by atoms with Crippen LogP contribution in [0.2, 0.25) is 0 Å². The second-order valence-electron chi connectivity index (χ2n) is 5.45. The van der Waals surface area contributed by atoms with Crippen molar-refractivity contribution in [3.05, 3.63) is 35.4 Å². The van der Waals surface area contributed by atoms with Crippen molar-refractivity contribution < 1.29 is 0 Å². The summed E-state index contributed by atoms with van der Waals surface area (Å²) in [5.41, 5.74) is 9.22. The van der Waals surface area contributed by atoms with E-state index in [1.165, 1.54) is 49.0 Å². The lowest BCUT2D eigenvalue weighted by molar-refractivity contribution is 0.618. The van der Waals surface area contributed by atoms with Gasteiger partial charge in [0, 0.05) is 11.3 Å². The first-order valence-electron chi connectivity index (χ1n) is 6.79. The van der Waals surface area contributed by atoms with Crippen LogP contribution in [0.25, 0.3) is 0 Å². The Morgan fingerprint density at radius 2 is 1.94 bits per heavy atom. The van der Waals surface area contributed by atoms with E-state index in [1.807, 2.05) is 0 Å². The molecule has 1 aromatic carbocycles. The van der Waals surface area contributed by atoms with Gasteiger partial charge in [0.15, 0.2) is 0 Å². The third-order valence-corrected chi connectivity index (χ3v) is 5.81. The van der Waals surface area contributed by atoms with E-state index in [2.05, 4.69) is 36.0 Å². The van der Waals surface area contributed by atoms with Crippen LogP contribution in [0, 0.1) is 5.92 Å². The van der Waals surface area contributed by atoms with E-state index in [0.29, 0.717) is 5.25 Å². The summed E-state index contributed by atoms with van der Waals surface area (Å²) in [4.78, 5) is 0. The zero-order valence-corrected chi connectivity index (χ0v) is 11.1. The standard InChI is InChI=1S/C15H21NS/c16-15-13-8-4-3-7-12(13)9-14(15)17-10-11-5-1-2-6-11/h3-4,7-8,11,14-15H,1-2,5-6,9-10,16H2. The van der Waals surface area contributed by atoms with Gasteiger partial charge in [-0.25, -0.2) is 0 Å². The fraction of sp³-hybridized carbons (Fsp3) is 0.600. The summed E-state index contributed by atoms with van der Waals surface area (Å²) < 4.78 is 0. The predicted octanol–water partition coefficient (Wildman–Crippen LogP) is 3.53. The van der Waals surface area contributed by atoms with Gasteiger partial charge in [0.25, 0.3) is 0 Å². The van der Waals surface area contributed by atoms with Crippen molar-refractivity contribution >= 4 is 11.8 Å². The van der Waals surface area contributed by atoms with E-state index < -0.39 is 0 Å². The van der Waals surface area contributed by atoms with Crippen molar-refractivity contribution in [1.82, 2.24) is 0 Å². The molecule has 1 nitrogen and oxygen atoms in total. The van der Waals surface area contributed by atoms with Crippen LogP contribution < -0.4 is 5.73 Å². The zero-order chi connectivity index (χ0) is 11.7. The molecule has 2 N–H and O–H groups in total. The number of hydrogen-bond acceptors (Lipinski definition) is 2. The molecular weight excluding hydrogens is 226 g/mol. The maximum atomic E-state index is 6.35. The van der Waals surface area contributed by atoms with Gasteiger partial charge in [0.05, 0.1) is 0 Å². The molecule has 2 heteroatoms. The largest absolute Gasteiger partial charge is 0.323 e. The Kier molecular flexibility index (Phi) is 3.44. The van der Waals surface area contributed by atoms with Crippen molar-refractivity contribution in [3.63, 3.8) is 0 Å². The predicted molar refractivity (Wildman–Crippen MR) is 75.3 cm³/mol. The number of fused-ring (bicyclic) bond motifs is 1. The zero-order valence-electron chi connectivity index (χ0n) is 10.3. The van der Waals surface area contributed by atoms with Crippen molar-refractivity contribution in [1.29, 1.82) is 0 Å². The molecular formula is C15H21NS. The van der Waals surface area contributed by atoms with Gasteiger partial charge < -0.3 is 5.73 Å². The van der Waals surface area contributed by atoms with Gasteiger partial charge in [0.2, 0.25) is 0 Å². The molecule has 1 fully saturated rings. The minimum Gasteiger partial charge on any atom is -0.323 e. The van der Waals surface area contributed by atoms with Crippen LogP contribution in [0.4, 0.5) is 0 Å². The average molecular weight is 247 g/mol. The number of nitrogens with two attached hydrogens (primary N) is 1. The highest BCUT2D eigenvalue weighted by Crippen LogP contribution is 2.39. The Balaban J connectivity index is 1.59. The lowest BCUT2D eigenvalue weighted by atomic mass is 10.1. The van der Waals surface area contributed by atoms with Crippen molar-refractivity contribution in [3.8, 4) is 0 Å². The Morgan fingerprint density at radius 1 is 1.18 bits per heavy atom. The molecule has 0 heterocycles. The van der Waals surface area contributed by atoms with Crippen LogP contribution in [-0.4, -0.2) is 11.0 Å². The topological polar surface area (TPSA) is 26.0 Å². The Bertz CT molecular complexity index is 384. The molecule has 2 atom stereocenters. The monoisotopic (exact) mass is 247 g/mol. The minimum atomic E-state index is 0.262. The van der Waals surface area contributed by atoms with E-state index in [9.17, 15) is 0 Å². The number of benzene rings is 1. The highest BCUT2D eigenvalue weighted by Gasteiger charge is 2.30. The van der Waals surface area contributed by atoms with Gasteiger partial charge in [-0.15, -0.1) is 0 Å². The van der Waals surface area contributed by atoms with Crippen LogP contribution in [0.15, 0.2) is 24.3 Å². The lowest BCUT2D eigenvalue weighted by Crippen LogP contribution is -2.20. The normalized spacial score (nSPS) is 28.5. The highest BCUT2D eigenvalue weighted by molar-refractivity contribution is 7.99. The van der Waals surface area contributed by atoms with E-state index in [0.717, 1.165) is 5.92 Å². The second kappa shape index (κ2) is 5.03. The number of rotatable bonds is 3. The van der Waals surface area contributed by atoms with Crippen LogP contribution in [0.1, 0.15) is 42.9 Å². The molecule has 1 saturated carbocycles. The van der Waals surface area contributed by atoms with Crippen LogP contribution in [0.3, 0.4) is 0 Å². The van der Waals surface area contributed by atoms with Gasteiger partial charge in [0.1, 0.15) is 0 Å². The maximum absolute atomic E-state index is 6.35. The smallest absolute Gasteiger partial charge is 0.0421 e. The van der Waals surface area contributed by atoms with Crippen LogP contribution in [-0.2, 0) is 6.42 Å². The molecule has 92 valence electrons. The molecule has 0 bridgehead atoms. The molecule has 0 spiro atoms. The molecule has 0 aromatic heterocycles. The molecule has 1 aromatic rings. The maximum Gasteiger partial charge on any atom is 0.0421 e. The van der Waals surface area contributed by atoms with Crippen molar-refractivity contribution in [2.24, 2.45) is 11.7 Å². The summed E-state index contributed by atoms with van der Waals surface area (Å²) in [5, 5.41) is 0.619. The summed E-state index contributed by atoms with van der Waals surface area (Å²) in [6, 6.07) is 8.96. The number of thioether (sulfide) groups is 1. The number of hydrogen-bond donors (Lipinski definition) is 1. The van der Waals surface area contributed by atoms with E-state index in [1.54, 1.807) is 0 Å². The van der Waals surface area contributed by atoms with Crippen molar-refractivity contribution in [2.45, 2.75) is 43.4 Å². The Hall–Kier alpha value is -0.470. The summed E-state index contributed by atoms with van der Waals surface area (Å²) >= 11 is 2.12. The quantitative estimate of drug-likeness (QED) is 0.884. The fourth-order valence-corrected chi connectivity index (χ4v) is 4.69. The molecule has 2 unspecified atom stereocenters.